The highest BCUT2D eigenvalue weighted by Gasteiger charge is 2.27. The predicted octanol–water partition coefficient (Wildman–Crippen LogP) is -0.931. The van der Waals surface area contributed by atoms with Crippen LogP contribution in [0, 0.1) is 0 Å². The maximum Gasteiger partial charge on any atom is 0.207 e. The van der Waals surface area contributed by atoms with Crippen molar-refractivity contribution in [1.82, 2.24) is 0 Å². The van der Waals surface area contributed by atoms with E-state index in [2.05, 4.69) is 9.62 Å². The molecule has 5 heteroatoms. The molecule has 0 saturated carbocycles. The first kappa shape index (κ1) is 7.33. The van der Waals surface area contributed by atoms with Gasteiger partial charge in [-0.05, 0) is 0 Å². The SMILES string of the molecule is OOC1=COCC(O)C1O. The first-order valence-electron chi connectivity index (χ1n) is 2.75. The highest BCUT2D eigenvalue weighted by molar-refractivity contribution is 5.01. The lowest BCUT2D eigenvalue weighted by atomic mass is 10.1. The molecule has 2 unspecified atom stereocenters. The van der Waals surface area contributed by atoms with Crippen LogP contribution in [0.15, 0.2) is 12.0 Å². The second kappa shape index (κ2) is 2.87. The zero-order valence-electron chi connectivity index (χ0n) is 5.10. The topological polar surface area (TPSA) is 79.2 Å². The van der Waals surface area contributed by atoms with Crippen LogP contribution in [-0.2, 0) is 9.62 Å². The lowest BCUT2D eigenvalue weighted by molar-refractivity contribution is -0.230. The third-order valence-corrected chi connectivity index (χ3v) is 1.23. The van der Waals surface area contributed by atoms with E-state index in [-0.39, 0.29) is 12.4 Å². The number of aliphatic hydroxyl groups is 2. The summed E-state index contributed by atoms with van der Waals surface area (Å²) in [5.74, 6) is -0.182. The van der Waals surface area contributed by atoms with Crippen LogP contribution in [0.2, 0.25) is 0 Å². The number of rotatable bonds is 1. The van der Waals surface area contributed by atoms with Crippen molar-refractivity contribution in [1.29, 1.82) is 0 Å². The molecule has 58 valence electrons. The standard InChI is InChI=1S/C5H8O5/c6-3-1-9-2-4(10-8)5(3)7/h2-3,5-8H,1H2. The molecule has 10 heavy (non-hydrogen) atoms. The fourth-order valence-electron chi connectivity index (χ4n) is 0.655. The van der Waals surface area contributed by atoms with Crippen molar-refractivity contribution < 1.29 is 25.1 Å². The average molecular weight is 148 g/mol. The maximum atomic E-state index is 8.95. The second-order valence-corrected chi connectivity index (χ2v) is 1.96. The minimum atomic E-state index is -1.20. The lowest BCUT2D eigenvalue weighted by Gasteiger charge is -2.21. The van der Waals surface area contributed by atoms with E-state index in [1.54, 1.807) is 0 Å². The van der Waals surface area contributed by atoms with E-state index >= 15 is 0 Å². The lowest BCUT2D eigenvalue weighted by Crippen LogP contribution is -2.35. The molecule has 0 saturated heterocycles. The van der Waals surface area contributed by atoms with Gasteiger partial charge in [-0.1, -0.05) is 0 Å². The summed E-state index contributed by atoms with van der Waals surface area (Å²) < 4.78 is 4.60. The molecule has 0 amide bonds. The van der Waals surface area contributed by atoms with Gasteiger partial charge in [-0.3, -0.25) is 0 Å². The molecule has 2 atom stereocenters. The van der Waals surface area contributed by atoms with E-state index in [4.69, 9.17) is 15.5 Å². The molecule has 0 aromatic carbocycles. The predicted molar refractivity (Wildman–Crippen MR) is 29.8 cm³/mol. The Hall–Kier alpha value is -0.780. The Balaban J connectivity index is 2.62. The quantitative estimate of drug-likeness (QED) is 0.330. The molecule has 0 aromatic rings. The van der Waals surface area contributed by atoms with Crippen molar-refractivity contribution in [3.63, 3.8) is 0 Å². The molecule has 0 bridgehead atoms. The highest BCUT2D eigenvalue weighted by atomic mass is 17.1. The van der Waals surface area contributed by atoms with Gasteiger partial charge in [-0.15, -0.1) is 0 Å². The third kappa shape index (κ3) is 1.21. The molecule has 0 fully saturated rings. The van der Waals surface area contributed by atoms with Crippen molar-refractivity contribution in [3.05, 3.63) is 12.0 Å². The van der Waals surface area contributed by atoms with Crippen LogP contribution in [0.1, 0.15) is 0 Å². The van der Waals surface area contributed by atoms with Crippen molar-refractivity contribution in [2.75, 3.05) is 6.61 Å². The zero-order chi connectivity index (χ0) is 7.56. The van der Waals surface area contributed by atoms with Crippen molar-refractivity contribution in [3.8, 4) is 0 Å². The van der Waals surface area contributed by atoms with Crippen molar-refractivity contribution >= 4 is 0 Å². The zero-order valence-corrected chi connectivity index (χ0v) is 5.10. The largest absolute Gasteiger partial charge is 0.495 e. The normalized spacial score (nSPS) is 32.5. The van der Waals surface area contributed by atoms with E-state index in [0.29, 0.717) is 0 Å². The summed E-state index contributed by atoms with van der Waals surface area (Å²) in [6.07, 6.45) is -1.18. The molecule has 0 aliphatic carbocycles. The highest BCUT2D eigenvalue weighted by Crippen LogP contribution is 2.13. The van der Waals surface area contributed by atoms with Crippen LogP contribution >= 0.6 is 0 Å². The monoisotopic (exact) mass is 148 g/mol. The second-order valence-electron chi connectivity index (χ2n) is 1.96. The smallest absolute Gasteiger partial charge is 0.207 e. The number of aliphatic hydroxyl groups excluding tert-OH is 2. The third-order valence-electron chi connectivity index (χ3n) is 1.23. The van der Waals surface area contributed by atoms with Crippen LogP contribution in [-0.4, -0.2) is 34.3 Å². The fraction of sp³-hybridized carbons (Fsp3) is 0.600. The maximum absolute atomic E-state index is 8.95. The van der Waals surface area contributed by atoms with Gasteiger partial charge in [0.25, 0.3) is 0 Å². The van der Waals surface area contributed by atoms with Crippen LogP contribution in [0.4, 0.5) is 0 Å². The van der Waals surface area contributed by atoms with E-state index in [1.807, 2.05) is 0 Å². The number of hydrogen-bond donors (Lipinski definition) is 3. The molecule has 1 aliphatic heterocycles. The first-order valence-corrected chi connectivity index (χ1v) is 2.75. The Bertz CT molecular complexity index is 143. The van der Waals surface area contributed by atoms with Crippen molar-refractivity contribution in [2.45, 2.75) is 12.2 Å². The molecule has 0 spiro atoms. The van der Waals surface area contributed by atoms with E-state index < -0.39 is 12.2 Å². The summed E-state index contributed by atoms with van der Waals surface area (Å²) in [5, 5.41) is 25.9. The van der Waals surface area contributed by atoms with Gasteiger partial charge in [0.1, 0.15) is 25.1 Å². The Labute approximate surface area is 57.0 Å². The summed E-state index contributed by atoms with van der Waals surface area (Å²) in [4.78, 5) is 3.70. The Morgan fingerprint density at radius 2 is 2.30 bits per heavy atom. The minimum Gasteiger partial charge on any atom is -0.495 e. The van der Waals surface area contributed by atoms with Gasteiger partial charge >= 0.3 is 0 Å². The molecule has 3 N–H and O–H groups in total. The van der Waals surface area contributed by atoms with Crippen LogP contribution in [0.25, 0.3) is 0 Å². The summed E-state index contributed by atoms with van der Waals surface area (Å²) >= 11 is 0. The van der Waals surface area contributed by atoms with Gasteiger partial charge < -0.3 is 19.8 Å². The molecular weight excluding hydrogens is 140 g/mol. The molecule has 0 aromatic heterocycles. The first-order chi connectivity index (χ1) is 4.75. The molecule has 0 radical (unpaired) electrons. The van der Waals surface area contributed by atoms with Crippen LogP contribution in [0.3, 0.4) is 0 Å². The van der Waals surface area contributed by atoms with Gasteiger partial charge in [0.15, 0.2) is 0 Å². The Morgan fingerprint density at radius 3 is 2.80 bits per heavy atom. The van der Waals surface area contributed by atoms with Gasteiger partial charge in [0.05, 0.1) is 0 Å². The van der Waals surface area contributed by atoms with Gasteiger partial charge in [-0.25, -0.2) is 5.26 Å². The van der Waals surface area contributed by atoms with Gasteiger partial charge in [0, 0.05) is 0 Å². The average Bonchev–Trinajstić information content (AvgIpc) is 1.95. The fourth-order valence-corrected chi connectivity index (χ4v) is 0.655. The summed E-state index contributed by atoms with van der Waals surface area (Å²) in [6, 6.07) is 0. The molecule has 1 heterocycles. The van der Waals surface area contributed by atoms with E-state index in [9.17, 15) is 0 Å². The summed E-state index contributed by atoms with van der Waals surface area (Å²) in [6.45, 7) is 0.00796. The molecular formula is C5H8O5. The Morgan fingerprint density at radius 1 is 1.60 bits per heavy atom. The molecule has 5 nitrogen and oxygen atoms in total. The number of hydrogen-bond acceptors (Lipinski definition) is 5. The summed E-state index contributed by atoms with van der Waals surface area (Å²) in [7, 11) is 0. The Kier molecular flexibility index (Phi) is 2.10. The van der Waals surface area contributed by atoms with Gasteiger partial charge in [0.2, 0.25) is 5.76 Å². The van der Waals surface area contributed by atoms with E-state index in [1.165, 1.54) is 0 Å². The van der Waals surface area contributed by atoms with Crippen LogP contribution in [0.5, 0.6) is 0 Å². The molecule has 1 aliphatic rings. The minimum absolute atomic E-state index is 0.00796. The summed E-state index contributed by atoms with van der Waals surface area (Å²) in [5.41, 5.74) is 0. The van der Waals surface area contributed by atoms with Gasteiger partial charge in [-0.2, -0.15) is 0 Å². The molecule has 1 rings (SSSR count). The van der Waals surface area contributed by atoms with Crippen molar-refractivity contribution in [2.24, 2.45) is 0 Å². The van der Waals surface area contributed by atoms with Crippen LogP contribution < -0.4 is 0 Å². The van der Waals surface area contributed by atoms with E-state index in [0.717, 1.165) is 6.26 Å². The number of ether oxygens (including phenoxy) is 1.